The van der Waals surface area contributed by atoms with Crippen molar-refractivity contribution >= 4 is 51.6 Å². The van der Waals surface area contributed by atoms with Crippen molar-refractivity contribution in [2.75, 3.05) is 0 Å². The summed E-state index contributed by atoms with van der Waals surface area (Å²) in [6.45, 7) is 4.83. The number of allylic oxidation sites excluding steroid dienone is 5. The lowest BCUT2D eigenvalue weighted by Gasteiger charge is -2.35. The molecule has 0 aliphatic heterocycles. The molecule has 59 heavy (non-hydrogen) atoms. The summed E-state index contributed by atoms with van der Waals surface area (Å²) in [5, 5.41) is 6.71. The predicted molar refractivity (Wildman–Crippen MR) is 250 cm³/mol. The molecule has 6 atom stereocenters. The second-order valence-electron chi connectivity index (χ2n) is 16.9. The SMILES string of the molecule is CC1C2C=Cc3c(n(C4(C)C=CC=CC4)c4ccc([Si](c5ccccc5)(c5ccccc5)c5ccc([C@H](N)C(N=C(N)c6ccccc6)c6ccccc6)cc5)cc34)C12. The Labute approximate surface area is 349 Å². The molecular formula is C54H50N4Si. The van der Waals surface area contributed by atoms with Crippen molar-refractivity contribution in [2.24, 2.45) is 28.3 Å². The van der Waals surface area contributed by atoms with Crippen LogP contribution in [0.1, 0.15) is 66.2 Å². The van der Waals surface area contributed by atoms with Crippen LogP contribution in [0, 0.1) is 11.8 Å². The van der Waals surface area contributed by atoms with E-state index in [0.29, 0.717) is 23.6 Å². The first kappa shape index (κ1) is 37.0. The van der Waals surface area contributed by atoms with Gasteiger partial charge in [0.05, 0.1) is 17.6 Å². The Morgan fingerprint density at radius 3 is 1.93 bits per heavy atom. The highest BCUT2D eigenvalue weighted by Crippen LogP contribution is 2.60. The number of hydrogen-bond donors (Lipinski definition) is 2. The van der Waals surface area contributed by atoms with Crippen LogP contribution in [0.25, 0.3) is 17.0 Å². The smallest absolute Gasteiger partial charge is 0.179 e. The van der Waals surface area contributed by atoms with E-state index < -0.39 is 14.1 Å². The lowest BCUT2D eigenvalue weighted by atomic mass is 9.92. The molecule has 4 N–H and O–H groups in total. The minimum absolute atomic E-state index is 0.129. The molecule has 5 unspecified atom stereocenters. The molecule has 1 saturated carbocycles. The van der Waals surface area contributed by atoms with Crippen molar-refractivity contribution in [3.05, 3.63) is 222 Å². The van der Waals surface area contributed by atoms with Gasteiger partial charge >= 0.3 is 0 Å². The molecule has 1 heterocycles. The monoisotopic (exact) mass is 782 g/mol. The van der Waals surface area contributed by atoms with Crippen molar-refractivity contribution in [1.82, 2.24) is 4.57 Å². The lowest BCUT2D eigenvalue weighted by molar-refractivity contribution is 0.410. The summed E-state index contributed by atoms with van der Waals surface area (Å²) in [6, 6.07) is 58.4. The van der Waals surface area contributed by atoms with Gasteiger partial charge in [-0.05, 0) is 63.1 Å². The Morgan fingerprint density at radius 2 is 1.31 bits per heavy atom. The Balaban J connectivity index is 1.15. The third-order valence-electron chi connectivity index (χ3n) is 13.4. The van der Waals surface area contributed by atoms with Crippen molar-refractivity contribution in [3.63, 3.8) is 0 Å². The number of aliphatic imine (C=N–C) groups is 1. The number of nitrogens with zero attached hydrogens (tertiary/aromatic N) is 2. The second-order valence-corrected chi connectivity index (χ2v) is 20.7. The number of hydrogen-bond acceptors (Lipinski definition) is 2. The summed E-state index contributed by atoms with van der Waals surface area (Å²) in [7, 11) is -2.90. The Kier molecular flexibility index (Phi) is 9.31. The molecule has 5 heteroatoms. The van der Waals surface area contributed by atoms with Gasteiger partial charge in [-0.1, -0.05) is 201 Å². The first-order valence-electron chi connectivity index (χ1n) is 21.0. The van der Waals surface area contributed by atoms with E-state index in [4.69, 9.17) is 16.5 Å². The van der Waals surface area contributed by atoms with Gasteiger partial charge in [0, 0.05) is 33.6 Å². The van der Waals surface area contributed by atoms with Gasteiger partial charge in [0.25, 0.3) is 0 Å². The zero-order valence-electron chi connectivity index (χ0n) is 33.7. The molecule has 0 saturated heterocycles. The average molecular weight is 783 g/mol. The number of rotatable bonds is 10. The molecule has 1 aromatic heterocycles. The zero-order valence-corrected chi connectivity index (χ0v) is 34.7. The minimum Gasteiger partial charge on any atom is -0.383 e. The van der Waals surface area contributed by atoms with Gasteiger partial charge in [-0.15, -0.1) is 0 Å². The summed E-state index contributed by atoms with van der Waals surface area (Å²) in [5.74, 6) is 2.29. The van der Waals surface area contributed by atoms with Gasteiger partial charge in [0.1, 0.15) is 5.84 Å². The molecule has 4 nitrogen and oxygen atoms in total. The normalized spacial score (nSPS) is 21.8. The summed E-state index contributed by atoms with van der Waals surface area (Å²) >= 11 is 0. The van der Waals surface area contributed by atoms with Gasteiger partial charge in [-0.3, -0.25) is 4.99 Å². The fraction of sp³-hybridized carbons (Fsp3) is 0.167. The molecule has 1 fully saturated rings. The van der Waals surface area contributed by atoms with Crippen LogP contribution in [-0.4, -0.2) is 18.5 Å². The maximum absolute atomic E-state index is 7.25. The maximum atomic E-state index is 7.25. The van der Waals surface area contributed by atoms with E-state index in [1.54, 1.807) is 0 Å². The first-order chi connectivity index (χ1) is 28.9. The number of fused-ring (bicyclic) bond motifs is 5. The molecule has 10 rings (SSSR count). The van der Waals surface area contributed by atoms with E-state index in [1.165, 1.54) is 42.9 Å². The summed E-state index contributed by atoms with van der Waals surface area (Å²) < 4.78 is 2.70. The summed E-state index contributed by atoms with van der Waals surface area (Å²) in [5.41, 5.74) is 20.9. The van der Waals surface area contributed by atoms with E-state index in [1.807, 2.05) is 48.5 Å². The maximum Gasteiger partial charge on any atom is 0.179 e. The zero-order chi connectivity index (χ0) is 40.1. The average Bonchev–Trinajstić information content (AvgIpc) is 3.83. The number of amidine groups is 1. The number of aromatic nitrogens is 1. The fourth-order valence-corrected chi connectivity index (χ4v) is 15.0. The van der Waals surface area contributed by atoms with Crippen LogP contribution in [0.3, 0.4) is 0 Å². The summed E-state index contributed by atoms with van der Waals surface area (Å²) in [4.78, 5) is 5.09. The highest BCUT2D eigenvalue weighted by molar-refractivity contribution is 7.20. The second kappa shape index (κ2) is 14.8. The van der Waals surface area contributed by atoms with E-state index in [2.05, 4.69) is 170 Å². The molecule has 0 radical (unpaired) electrons. The van der Waals surface area contributed by atoms with Crippen LogP contribution in [-0.2, 0) is 5.54 Å². The van der Waals surface area contributed by atoms with Crippen LogP contribution >= 0.6 is 0 Å². The van der Waals surface area contributed by atoms with E-state index in [0.717, 1.165) is 23.1 Å². The van der Waals surface area contributed by atoms with Gasteiger partial charge < -0.3 is 16.0 Å². The quantitative estimate of drug-likeness (QED) is 0.0631. The van der Waals surface area contributed by atoms with Gasteiger partial charge in [-0.2, -0.15) is 0 Å². The molecule has 6 aromatic carbocycles. The fourth-order valence-electron chi connectivity index (χ4n) is 10.3. The first-order valence-corrected chi connectivity index (χ1v) is 23.0. The Morgan fingerprint density at radius 1 is 0.712 bits per heavy atom. The third-order valence-corrected chi connectivity index (χ3v) is 18.2. The molecule has 290 valence electrons. The number of benzene rings is 6. The van der Waals surface area contributed by atoms with Gasteiger partial charge in [-0.25, -0.2) is 0 Å². The van der Waals surface area contributed by atoms with Crippen LogP contribution in [0.2, 0.25) is 0 Å². The van der Waals surface area contributed by atoms with Crippen molar-refractivity contribution in [2.45, 2.75) is 43.8 Å². The van der Waals surface area contributed by atoms with Crippen molar-refractivity contribution in [1.29, 1.82) is 0 Å². The molecule has 7 aromatic rings. The largest absolute Gasteiger partial charge is 0.383 e. The molecule has 3 aliphatic carbocycles. The van der Waals surface area contributed by atoms with Crippen LogP contribution < -0.4 is 32.2 Å². The molecule has 0 spiro atoms. The van der Waals surface area contributed by atoms with Crippen LogP contribution in [0.4, 0.5) is 0 Å². The van der Waals surface area contributed by atoms with Gasteiger partial charge in [0.2, 0.25) is 0 Å². The van der Waals surface area contributed by atoms with Crippen molar-refractivity contribution in [3.8, 4) is 0 Å². The topological polar surface area (TPSA) is 69.3 Å². The minimum atomic E-state index is -2.90. The lowest BCUT2D eigenvalue weighted by Crippen LogP contribution is -2.74. The number of nitrogens with two attached hydrogens (primary N) is 2. The summed E-state index contributed by atoms with van der Waals surface area (Å²) in [6.07, 6.45) is 15.0. The Bertz CT molecular complexity index is 2710. The van der Waals surface area contributed by atoms with Crippen molar-refractivity contribution < 1.29 is 0 Å². The molecule has 0 amide bonds. The van der Waals surface area contributed by atoms with Gasteiger partial charge in [0.15, 0.2) is 8.07 Å². The molecule has 0 bridgehead atoms. The Hall–Kier alpha value is -6.27. The van der Waals surface area contributed by atoms with Crippen LogP contribution in [0.5, 0.6) is 0 Å². The predicted octanol–water partition coefficient (Wildman–Crippen LogP) is 8.77. The van der Waals surface area contributed by atoms with Crippen LogP contribution in [0.15, 0.2) is 199 Å². The molecular weight excluding hydrogens is 733 g/mol. The van der Waals surface area contributed by atoms with E-state index in [-0.39, 0.29) is 11.6 Å². The molecule has 3 aliphatic rings. The third kappa shape index (κ3) is 6.19. The highest BCUT2D eigenvalue weighted by atomic mass is 28.3. The standard InChI is InChI=1S/C54H50N4Si/c1-37-45-31-32-46-47-36-44(30-33-48(47)58(52(46)49(37)45)54(2)34-16-7-17-35-54)59(41-22-12-5-13-23-41,42-24-14-6-15-25-42)43-28-26-38(27-29-43)50(55)51(39-18-8-3-9-19-39)57-53(56)40-20-10-4-11-21-40/h3-34,36-37,45,49-51H,35,55H2,1-2H3,(H2,56,57)/t37?,45?,49?,50-,51?,54?/m0/s1. The highest BCUT2D eigenvalue weighted by Gasteiger charge is 2.52. The van der Waals surface area contributed by atoms with E-state index in [9.17, 15) is 0 Å². The van der Waals surface area contributed by atoms with E-state index >= 15 is 0 Å².